The van der Waals surface area contributed by atoms with Crippen LogP contribution >= 0.6 is 11.6 Å². The maximum atomic E-state index is 13.9. The minimum absolute atomic E-state index is 0.109. The highest BCUT2D eigenvalue weighted by atomic mass is 35.5. The summed E-state index contributed by atoms with van der Waals surface area (Å²) < 4.78 is 24.2. The maximum Gasteiger partial charge on any atom is 0.265 e. The summed E-state index contributed by atoms with van der Waals surface area (Å²) in [5, 5.41) is 0.553. The zero-order chi connectivity index (χ0) is 15.7. The Morgan fingerprint density at radius 3 is 2.82 bits per heavy atom. The molecule has 0 saturated carbocycles. The van der Waals surface area contributed by atoms with E-state index in [0.717, 1.165) is 5.56 Å². The van der Waals surface area contributed by atoms with Crippen LogP contribution in [0.5, 0.6) is 11.5 Å². The summed E-state index contributed by atoms with van der Waals surface area (Å²) in [4.78, 5) is 13.7. The molecule has 0 spiro atoms. The van der Waals surface area contributed by atoms with Crippen molar-refractivity contribution < 1.29 is 18.7 Å². The fourth-order valence-corrected chi connectivity index (χ4v) is 2.54. The number of fused-ring (bicyclic) bond motifs is 1. The first-order chi connectivity index (χ1) is 10.6. The van der Waals surface area contributed by atoms with Gasteiger partial charge in [-0.15, -0.1) is 0 Å². The molecule has 4 nitrogen and oxygen atoms in total. The van der Waals surface area contributed by atoms with Crippen LogP contribution in [0.4, 0.5) is 10.1 Å². The van der Waals surface area contributed by atoms with E-state index in [0.29, 0.717) is 16.5 Å². The van der Waals surface area contributed by atoms with Crippen molar-refractivity contribution in [3.05, 3.63) is 52.8 Å². The average molecular weight is 322 g/mol. The van der Waals surface area contributed by atoms with Crippen LogP contribution in [0.15, 0.2) is 36.4 Å². The van der Waals surface area contributed by atoms with Gasteiger partial charge in [0.05, 0.1) is 13.7 Å². The second-order valence-corrected chi connectivity index (χ2v) is 5.28. The predicted molar refractivity (Wildman–Crippen MR) is 81.1 cm³/mol. The molecule has 0 atom stereocenters. The number of amides is 1. The first kappa shape index (κ1) is 14.7. The zero-order valence-corrected chi connectivity index (χ0v) is 12.6. The summed E-state index contributed by atoms with van der Waals surface area (Å²) in [7, 11) is 1.39. The van der Waals surface area contributed by atoms with Gasteiger partial charge in [0.2, 0.25) is 0 Å². The first-order valence-corrected chi connectivity index (χ1v) is 7.01. The number of ether oxygens (including phenoxy) is 2. The third kappa shape index (κ3) is 2.72. The van der Waals surface area contributed by atoms with Crippen molar-refractivity contribution in [3.8, 4) is 11.5 Å². The van der Waals surface area contributed by atoms with Crippen molar-refractivity contribution in [3.63, 3.8) is 0 Å². The highest BCUT2D eigenvalue weighted by Gasteiger charge is 2.24. The van der Waals surface area contributed by atoms with Gasteiger partial charge in [0, 0.05) is 22.3 Å². The minimum Gasteiger partial charge on any atom is -0.494 e. The van der Waals surface area contributed by atoms with Crippen LogP contribution in [-0.4, -0.2) is 19.6 Å². The summed E-state index contributed by atoms with van der Waals surface area (Å²) in [5.74, 6) is -0.0406. The molecule has 2 aromatic rings. The molecule has 0 aliphatic carbocycles. The molecule has 3 rings (SSSR count). The molecule has 1 aliphatic rings. The molecule has 0 radical (unpaired) electrons. The normalized spacial score (nSPS) is 14.1. The second-order valence-electron chi connectivity index (χ2n) is 4.84. The monoisotopic (exact) mass is 321 g/mol. The van der Waals surface area contributed by atoms with Gasteiger partial charge in [0.15, 0.2) is 18.2 Å². The Morgan fingerprint density at radius 2 is 2.09 bits per heavy atom. The lowest BCUT2D eigenvalue weighted by Gasteiger charge is -2.20. The van der Waals surface area contributed by atoms with E-state index in [4.69, 9.17) is 21.1 Å². The molecular formula is C16H13ClFNO3. The summed E-state index contributed by atoms with van der Waals surface area (Å²) in [6.07, 6.45) is 0. The number of methoxy groups -OCH3 is 1. The first-order valence-electron chi connectivity index (χ1n) is 6.63. The molecule has 0 unspecified atom stereocenters. The lowest BCUT2D eigenvalue weighted by atomic mass is 10.1. The number of carbonyl (C=O) groups is 1. The Kier molecular flexibility index (Phi) is 3.90. The van der Waals surface area contributed by atoms with E-state index in [1.165, 1.54) is 24.1 Å². The van der Waals surface area contributed by atoms with Crippen LogP contribution in [0.1, 0.15) is 5.56 Å². The summed E-state index contributed by atoms with van der Waals surface area (Å²) in [6.45, 7) is 0.156. The Labute approximate surface area is 132 Å². The molecule has 0 saturated heterocycles. The Bertz CT molecular complexity index is 735. The van der Waals surface area contributed by atoms with E-state index in [9.17, 15) is 9.18 Å². The van der Waals surface area contributed by atoms with E-state index >= 15 is 0 Å². The van der Waals surface area contributed by atoms with Crippen molar-refractivity contribution in [2.75, 3.05) is 18.6 Å². The van der Waals surface area contributed by atoms with Gasteiger partial charge in [-0.1, -0.05) is 11.6 Å². The van der Waals surface area contributed by atoms with Gasteiger partial charge in [0.25, 0.3) is 5.91 Å². The molecule has 114 valence electrons. The van der Waals surface area contributed by atoms with Gasteiger partial charge < -0.3 is 14.4 Å². The number of hydrogen-bond donors (Lipinski definition) is 0. The van der Waals surface area contributed by atoms with Crippen LogP contribution in [-0.2, 0) is 11.3 Å². The summed E-state index contributed by atoms with van der Waals surface area (Å²) in [5.41, 5.74) is 1.22. The van der Waals surface area contributed by atoms with Crippen molar-refractivity contribution in [2.24, 2.45) is 0 Å². The van der Waals surface area contributed by atoms with Gasteiger partial charge in [-0.3, -0.25) is 4.79 Å². The lowest BCUT2D eigenvalue weighted by molar-refractivity contribution is -0.120. The molecule has 2 aromatic carbocycles. The van der Waals surface area contributed by atoms with Crippen LogP contribution in [0.2, 0.25) is 5.02 Å². The van der Waals surface area contributed by atoms with Crippen LogP contribution < -0.4 is 14.4 Å². The third-order valence-electron chi connectivity index (χ3n) is 3.45. The van der Waals surface area contributed by atoms with Crippen LogP contribution in [0.3, 0.4) is 0 Å². The predicted octanol–water partition coefficient (Wildman–Crippen LogP) is 3.41. The van der Waals surface area contributed by atoms with Crippen LogP contribution in [0, 0.1) is 5.82 Å². The maximum absolute atomic E-state index is 13.9. The van der Waals surface area contributed by atoms with Gasteiger partial charge in [-0.05, 0) is 30.3 Å². The van der Waals surface area contributed by atoms with E-state index in [2.05, 4.69) is 0 Å². The minimum atomic E-state index is -0.524. The van der Waals surface area contributed by atoms with Crippen molar-refractivity contribution in [1.82, 2.24) is 0 Å². The van der Waals surface area contributed by atoms with Crippen molar-refractivity contribution >= 4 is 23.2 Å². The molecule has 0 aromatic heterocycles. The number of hydrogen-bond acceptors (Lipinski definition) is 3. The number of nitrogens with zero attached hydrogens (tertiary/aromatic N) is 1. The fourth-order valence-electron chi connectivity index (χ4n) is 2.35. The lowest BCUT2D eigenvalue weighted by Crippen LogP contribution is -2.32. The summed E-state index contributed by atoms with van der Waals surface area (Å²) in [6, 6.07) is 9.56. The number of rotatable bonds is 2. The molecule has 22 heavy (non-hydrogen) atoms. The zero-order valence-electron chi connectivity index (χ0n) is 11.8. The Balaban J connectivity index is 1.98. The highest BCUT2D eigenvalue weighted by Crippen LogP contribution is 2.30. The van der Waals surface area contributed by atoms with E-state index < -0.39 is 5.82 Å². The number of halogens is 2. The Hall–Kier alpha value is -2.27. The van der Waals surface area contributed by atoms with E-state index in [-0.39, 0.29) is 24.8 Å². The molecule has 6 heteroatoms. The van der Waals surface area contributed by atoms with Gasteiger partial charge in [0.1, 0.15) is 5.75 Å². The van der Waals surface area contributed by atoms with E-state index in [1.54, 1.807) is 24.3 Å². The van der Waals surface area contributed by atoms with Gasteiger partial charge >= 0.3 is 0 Å². The SMILES string of the molecule is COc1ccc(N2Cc3cc(Cl)ccc3OCC2=O)cc1F. The molecule has 0 fully saturated rings. The number of carbonyl (C=O) groups excluding carboxylic acids is 1. The smallest absolute Gasteiger partial charge is 0.265 e. The Morgan fingerprint density at radius 1 is 1.27 bits per heavy atom. The molecular weight excluding hydrogens is 309 g/mol. The van der Waals surface area contributed by atoms with Crippen LogP contribution in [0.25, 0.3) is 0 Å². The summed E-state index contributed by atoms with van der Waals surface area (Å²) >= 11 is 5.99. The average Bonchev–Trinajstić information content (AvgIpc) is 2.66. The quantitative estimate of drug-likeness (QED) is 0.851. The van der Waals surface area contributed by atoms with Crippen molar-refractivity contribution in [2.45, 2.75) is 6.54 Å². The largest absolute Gasteiger partial charge is 0.494 e. The number of benzene rings is 2. The molecule has 0 bridgehead atoms. The van der Waals surface area contributed by atoms with E-state index in [1.807, 2.05) is 0 Å². The van der Waals surface area contributed by atoms with Gasteiger partial charge in [-0.25, -0.2) is 4.39 Å². The molecule has 0 N–H and O–H groups in total. The molecule has 1 heterocycles. The molecule has 1 amide bonds. The third-order valence-corrected chi connectivity index (χ3v) is 3.69. The number of anilines is 1. The second kappa shape index (κ2) is 5.85. The standard InChI is InChI=1S/C16H13ClFNO3/c1-21-15-5-3-12(7-13(15)18)19-8-10-6-11(17)2-4-14(10)22-9-16(19)20/h2-7H,8-9H2,1H3. The highest BCUT2D eigenvalue weighted by molar-refractivity contribution is 6.30. The van der Waals surface area contributed by atoms with Gasteiger partial charge in [-0.2, -0.15) is 0 Å². The molecule has 1 aliphatic heterocycles. The van der Waals surface area contributed by atoms with Crippen molar-refractivity contribution in [1.29, 1.82) is 0 Å². The fraction of sp³-hybridized carbons (Fsp3) is 0.188. The topological polar surface area (TPSA) is 38.8 Å².